The molecule has 1 heterocycles. The summed E-state index contributed by atoms with van der Waals surface area (Å²) in [5, 5.41) is -0.417. The highest BCUT2D eigenvalue weighted by Crippen LogP contribution is 2.31. The molecule has 1 aliphatic heterocycles. The van der Waals surface area contributed by atoms with Gasteiger partial charge in [0.2, 0.25) is 0 Å². The van der Waals surface area contributed by atoms with E-state index in [0.717, 1.165) is 23.2 Å². The summed E-state index contributed by atoms with van der Waals surface area (Å²) in [6.07, 6.45) is 0.658. The van der Waals surface area contributed by atoms with Gasteiger partial charge in [0.05, 0.1) is 29.3 Å². The number of benzene rings is 2. The monoisotopic (exact) mass is 471 g/mol. The number of carbonyl (C=O) groups excluding carboxylic acids is 1. The van der Waals surface area contributed by atoms with Crippen LogP contribution >= 0.6 is 0 Å². The average Bonchev–Trinajstić information content (AvgIpc) is 2.73. The van der Waals surface area contributed by atoms with Gasteiger partial charge in [-0.15, -0.1) is 0 Å². The molecule has 0 N–H and O–H groups in total. The Morgan fingerprint density at radius 3 is 2.30 bits per heavy atom. The van der Waals surface area contributed by atoms with Crippen LogP contribution in [-0.4, -0.2) is 44.2 Å². The number of rotatable bonds is 7. The fraction of sp³-hybridized carbons (Fsp3) is 0.519. The van der Waals surface area contributed by atoms with Crippen LogP contribution in [0.15, 0.2) is 36.4 Å². The topological polar surface area (TPSA) is 63.7 Å². The van der Waals surface area contributed by atoms with E-state index in [0.29, 0.717) is 17.5 Å². The molecule has 2 aromatic rings. The maximum atomic E-state index is 13.0. The Labute approximate surface area is 199 Å². The fourth-order valence-corrected chi connectivity index (χ4v) is 5.35. The van der Waals surface area contributed by atoms with Crippen molar-refractivity contribution in [1.82, 2.24) is 0 Å². The quantitative estimate of drug-likeness (QED) is 0.529. The van der Waals surface area contributed by atoms with E-state index in [1.807, 2.05) is 0 Å². The number of carbonyl (C=O) groups is 1. The highest BCUT2D eigenvalue weighted by Gasteiger charge is 2.30. The van der Waals surface area contributed by atoms with E-state index in [9.17, 15) is 13.2 Å². The van der Waals surface area contributed by atoms with Crippen molar-refractivity contribution in [3.63, 3.8) is 0 Å². The molecule has 5 nitrogen and oxygen atoms in total. The van der Waals surface area contributed by atoms with Gasteiger partial charge < -0.3 is 9.64 Å². The summed E-state index contributed by atoms with van der Waals surface area (Å²) >= 11 is 0. The van der Waals surface area contributed by atoms with Crippen LogP contribution in [0.4, 0.5) is 5.69 Å². The van der Waals surface area contributed by atoms with E-state index in [-0.39, 0.29) is 29.8 Å². The molecule has 1 fully saturated rings. The van der Waals surface area contributed by atoms with Crippen molar-refractivity contribution in [2.45, 2.75) is 84.1 Å². The van der Waals surface area contributed by atoms with Gasteiger partial charge in [-0.2, -0.15) is 0 Å². The second-order valence-corrected chi connectivity index (χ2v) is 12.3. The third kappa shape index (κ3) is 5.85. The molecular weight excluding hydrogens is 434 g/mol. The van der Waals surface area contributed by atoms with E-state index in [4.69, 9.17) is 4.74 Å². The molecule has 0 aromatic heterocycles. The first-order valence-corrected chi connectivity index (χ1v) is 13.5. The lowest BCUT2D eigenvalue weighted by atomic mass is 9.95. The zero-order valence-corrected chi connectivity index (χ0v) is 21.7. The van der Waals surface area contributed by atoms with Gasteiger partial charge in [0.15, 0.2) is 15.6 Å². The summed E-state index contributed by atoms with van der Waals surface area (Å²) in [5.41, 5.74) is 5.79. The van der Waals surface area contributed by atoms with Crippen LogP contribution in [0.3, 0.4) is 0 Å². The highest BCUT2D eigenvalue weighted by molar-refractivity contribution is 7.91. The van der Waals surface area contributed by atoms with Crippen molar-refractivity contribution in [2.24, 2.45) is 0 Å². The predicted octanol–water partition coefficient (Wildman–Crippen LogP) is 5.05. The SMILES string of the molecule is Cc1cc(N2C[C@H](C)O[C@H](C)C2C)c(C)cc1CC(=O)c1ccc(CS(=O)(=O)C(C)C)cc1. The van der Waals surface area contributed by atoms with E-state index >= 15 is 0 Å². The first-order valence-electron chi connectivity index (χ1n) is 11.7. The molecule has 2 aromatic carbocycles. The summed E-state index contributed by atoms with van der Waals surface area (Å²) in [6, 6.07) is 11.6. The number of morpholine rings is 1. The van der Waals surface area contributed by atoms with Crippen molar-refractivity contribution in [3.05, 3.63) is 64.2 Å². The number of nitrogens with zero attached hydrogens (tertiary/aromatic N) is 1. The van der Waals surface area contributed by atoms with Gasteiger partial charge >= 0.3 is 0 Å². The number of sulfone groups is 1. The van der Waals surface area contributed by atoms with Gasteiger partial charge in [0, 0.05) is 24.2 Å². The molecule has 0 radical (unpaired) electrons. The summed E-state index contributed by atoms with van der Waals surface area (Å²) in [6.45, 7) is 14.8. The van der Waals surface area contributed by atoms with Gasteiger partial charge in [0.25, 0.3) is 0 Å². The number of anilines is 1. The fourth-order valence-electron chi connectivity index (χ4n) is 4.36. The van der Waals surface area contributed by atoms with Gasteiger partial charge in [-0.1, -0.05) is 30.3 Å². The first kappa shape index (κ1) is 25.4. The third-order valence-corrected chi connectivity index (χ3v) is 8.92. The number of aryl methyl sites for hydroxylation is 2. The van der Waals surface area contributed by atoms with Crippen LogP contribution in [0.25, 0.3) is 0 Å². The molecule has 1 unspecified atom stereocenters. The molecule has 0 saturated carbocycles. The largest absolute Gasteiger partial charge is 0.372 e. The maximum absolute atomic E-state index is 13.0. The first-order chi connectivity index (χ1) is 15.4. The van der Waals surface area contributed by atoms with Gasteiger partial charge in [-0.3, -0.25) is 4.79 Å². The second-order valence-electron chi connectivity index (χ2n) is 9.76. The second kappa shape index (κ2) is 9.98. The Morgan fingerprint density at radius 1 is 1.06 bits per heavy atom. The summed E-state index contributed by atoms with van der Waals surface area (Å²) in [5.74, 6) is 0.0290. The Balaban J connectivity index is 1.76. The van der Waals surface area contributed by atoms with E-state index in [1.54, 1.807) is 38.1 Å². The summed E-state index contributed by atoms with van der Waals surface area (Å²) in [4.78, 5) is 15.4. The van der Waals surface area contributed by atoms with Gasteiger partial charge in [-0.05, 0) is 76.8 Å². The van der Waals surface area contributed by atoms with Crippen molar-refractivity contribution in [1.29, 1.82) is 0 Å². The van der Waals surface area contributed by atoms with Crippen LogP contribution in [-0.2, 0) is 26.7 Å². The standard InChI is InChI=1S/C27H37NO4S/c1-17(2)33(30,31)16-23-8-10-24(11-9-23)27(29)14-25-12-19(4)26(13-18(25)3)28-15-20(5)32-22(7)21(28)6/h8-13,17,20-22H,14-16H2,1-7H3/t20-,21?,22+/m0/s1. The number of hydrogen-bond acceptors (Lipinski definition) is 5. The predicted molar refractivity (Wildman–Crippen MR) is 135 cm³/mol. The molecule has 3 rings (SSSR count). The van der Waals surface area contributed by atoms with Crippen LogP contribution in [0.2, 0.25) is 0 Å². The van der Waals surface area contributed by atoms with Crippen LogP contribution < -0.4 is 4.90 Å². The zero-order chi connectivity index (χ0) is 24.5. The molecular formula is C27H37NO4S. The van der Waals surface area contributed by atoms with E-state index in [2.05, 4.69) is 51.7 Å². The molecule has 180 valence electrons. The number of hydrogen-bond donors (Lipinski definition) is 0. The Hall–Kier alpha value is -2.18. The molecule has 0 amide bonds. The maximum Gasteiger partial charge on any atom is 0.167 e. The van der Waals surface area contributed by atoms with Crippen molar-refractivity contribution in [2.75, 3.05) is 11.4 Å². The minimum absolute atomic E-state index is 0.00387. The number of ketones is 1. The lowest BCUT2D eigenvalue weighted by Crippen LogP contribution is -2.52. The van der Waals surface area contributed by atoms with Crippen molar-refractivity contribution >= 4 is 21.3 Å². The third-order valence-electron chi connectivity index (χ3n) is 6.75. The van der Waals surface area contributed by atoms with Gasteiger partial charge in [-0.25, -0.2) is 8.42 Å². The molecule has 3 atom stereocenters. The van der Waals surface area contributed by atoms with Gasteiger partial charge in [0.1, 0.15) is 0 Å². The normalized spacial score (nSPS) is 21.5. The van der Waals surface area contributed by atoms with E-state index < -0.39 is 15.1 Å². The minimum Gasteiger partial charge on any atom is -0.372 e. The Bertz CT molecular complexity index is 1110. The minimum atomic E-state index is -3.16. The number of ether oxygens (including phenoxy) is 1. The summed E-state index contributed by atoms with van der Waals surface area (Å²) < 4.78 is 30.3. The number of Topliss-reactive ketones (excluding diaryl/α,β-unsaturated/α-hetero) is 1. The molecule has 33 heavy (non-hydrogen) atoms. The van der Waals surface area contributed by atoms with Crippen molar-refractivity contribution in [3.8, 4) is 0 Å². The van der Waals surface area contributed by atoms with Crippen molar-refractivity contribution < 1.29 is 17.9 Å². The molecule has 6 heteroatoms. The molecule has 0 aliphatic carbocycles. The Kier molecular flexibility index (Phi) is 7.69. The van der Waals surface area contributed by atoms with Crippen LogP contribution in [0.5, 0.6) is 0 Å². The zero-order valence-electron chi connectivity index (χ0n) is 20.9. The Morgan fingerprint density at radius 2 is 1.70 bits per heavy atom. The summed E-state index contributed by atoms with van der Waals surface area (Å²) in [7, 11) is -3.16. The molecule has 1 saturated heterocycles. The lowest BCUT2D eigenvalue weighted by molar-refractivity contribution is -0.0258. The van der Waals surface area contributed by atoms with Crippen LogP contribution in [0, 0.1) is 13.8 Å². The lowest BCUT2D eigenvalue weighted by Gasteiger charge is -2.43. The smallest absolute Gasteiger partial charge is 0.167 e. The molecule has 0 spiro atoms. The molecule has 1 aliphatic rings. The average molecular weight is 472 g/mol. The van der Waals surface area contributed by atoms with Crippen LogP contribution in [0.1, 0.15) is 67.2 Å². The highest BCUT2D eigenvalue weighted by atomic mass is 32.2. The van der Waals surface area contributed by atoms with E-state index in [1.165, 1.54) is 5.69 Å². The molecule has 0 bridgehead atoms.